The number of nitrogens with one attached hydrogen (secondary N) is 1. The van der Waals surface area contributed by atoms with Gasteiger partial charge in [0.15, 0.2) is 0 Å². The maximum absolute atomic E-state index is 12.4. The third kappa shape index (κ3) is 3.40. The molecule has 0 heterocycles. The minimum absolute atomic E-state index is 0.154. The molecule has 0 saturated heterocycles. The van der Waals surface area contributed by atoms with E-state index in [1.54, 1.807) is 7.05 Å². The van der Waals surface area contributed by atoms with E-state index in [4.69, 9.17) is 5.84 Å². The average Bonchev–Trinajstić information content (AvgIpc) is 2.55. The topological polar surface area (TPSA) is 75.4 Å². The van der Waals surface area contributed by atoms with Gasteiger partial charge in [-0.25, -0.2) is 5.84 Å². The zero-order valence-corrected chi connectivity index (χ0v) is 13.2. The molecule has 116 valence electrons. The van der Waals surface area contributed by atoms with Crippen molar-refractivity contribution in [3.63, 3.8) is 0 Å². The fourth-order valence-electron chi connectivity index (χ4n) is 2.39. The quantitative estimate of drug-likeness (QED) is 0.335. The van der Waals surface area contributed by atoms with E-state index in [9.17, 15) is 9.59 Å². The van der Waals surface area contributed by atoms with Gasteiger partial charge in [0.2, 0.25) is 5.91 Å². The highest BCUT2D eigenvalue weighted by molar-refractivity contribution is 7.80. The summed E-state index contributed by atoms with van der Waals surface area (Å²) in [6, 6.07) is 13.1. The van der Waals surface area contributed by atoms with E-state index in [1.165, 1.54) is 4.90 Å². The van der Waals surface area contributed by atoms with Gasteiger partial charge in [-0.15, -0.1) is 0 Å². The van der Waals surface area contributed by atoms with Crippen LogP contribution in [-0.2, 0) is 16.0 Å². The molecule has 5 nitrogen and oxygen atoms in total. The number of nitrogens with two attached hydrogens (primary N) is 1. The van der Waals surface area contributed by atoms with Crippen molar-refractivity contribution in [2.24, 2.45) is 5.84 Å². The Morgan fingerprint density at radius 3 is 2.59 bits per heavy atom. The lowest BCUT2D eigenvalue weighted by Crippen LogP contribution is -2.51. The number of carbonyl (C=O) groups excluding carboxylic acids is 2. The van der Waals surface area contributed by atoms with Crippen LogP contribution in [0, 0.1) is 0 Å². The van der Waals surface area contributed by atoms with Crippen LogP contribution in [0.15, 0.2) is 42.5 Å². The van der Waals surface area contributed by atoms with Gasteiger partial charge < -0.3 is 4.90 Å². The summed E-state index contributed by atoms with van der Waals surface area (Å²) >= 11 is 4.12. The van der Waals surface area contributed by atoms with Gasteiger partial charge in [0.05, 0.1) is 6.42 Å². The number of benzene rings is 2. The molecule has 0 aromatic heterocycles. The molecule has 22 heavy (non-hydrogen) atoms. The lowest BCUT2D eigenvalue weighted by Gasteiger charge is -2.25. The molecule has 0 bridgehead atoms. The Balaban J connectivity index is 2.21. The average molecular weight is 317 g/mol. The molecule has 0 saturated carbocycles. The van der Waals surface area contributed by atoms with Crippen molar-refractivity contribution in [3.05, 3.63) is 48.0 Å². The second-order valence-electron chi connectivity index (χ2n) is 5.03. The number of amides is 2. The van der Waals surface area contributed by atoms with Gasteiger partial charge in [-0.05, 0) is 16.3 Å². The second-order valence-corrected chi connectivity index (χ2v) is 5.39. The number of fused-ring (bicyclic) bond motifs is 1. The van der Waals surface area contributed by atoms with Gasteiger partial charge in [-0.1, -0.05) is 42.5 Å². The smallest absolute Gasteiger partial charge is 0.257 e. The summed E-state index contributed by atoms with van der Waals surface area (Å²) in [7, 11) is 1.59. The van der Waals surface area contributed by atoms with Crippen molar-refractivity contribution in [1.29, 1.82) is 0 Å². The number of thiol groups is 1. The summed E-state index contributed by atoms with van der Waals surface area (Å²) in [5.41, 5.74) is 3.00. The van der Waals surface area contributed by atoms with Crippen LogP contribution in [0.3, 0.4) is 0 Å². The van der Waals surface area contributed by atoms with Gasteiger partial charge in [0.25, 0.3) is 5.91 Å². The minimum atomic E-state index is -0.684. The normalized spacial score (nSPS) is 12.0. The van der Waals surface area contributed by atoms with Crippen molar-refractivity contribution in [1.82, 2.24) is 10.3 Å². The van der Waals surface area contributed by atoms with Gasteiger partial charge in [0.1, 0.15) is 6.04 Å². The van der Waals surface area contributed by atoms with Crippen molar-refractivity contribution in [2.75, 3.05) is 12.8 Å². The molecule has 0 spiro atoms. The van der Waals surface area contributed by atoms with Crippen molar-refractivity contribution >= 4 is 35.2 Å². The van der Waals surface area contributed by atoms with E-state index in [2.05, 4.69) is 18.1 Å². The third-order valence-corrected chi connectivity index (χ3v) is 4.05. The largest absolute Gasteiger partial charge is 0.333 e. The molecule has 0 aliphatic heterocycles. The molecule has 1 atom stereocenters. The van der Waals surface area contributed by atoms with E-state index in [-0.39, 0.29) is 18.1 Å². The summed E-state index contributed by atoms with van der Waals surface area (Å²) in [5, 5.41) is 2.12. The predicted molar refractivity (Wildman–Crippen MR) is 90.4 cm³/mol. The number of nitrogens with zero attached hydrogens (tertiary/aromatic N) is 1. The molecular weight excluding hydrogens is 298 g/mol. The first-order valence-corrected chi connectivity index (χ1v) is 7.55. The number of hydrogen-bond acceptors (Lipinski definition) is 4. The van der Waals surface area contributed by atoms with Gasteiger partial charge in [0, 0.05) is 12.8 Å². The molecule has 0 aliphatic rings. The van der Waals surface area contributed by atoms with E-state index >= 15 is 0 Å². The van der Waals surface area contributed by atoms with Crippen molar-refractivity contribution < 1.29 is 9.59 Å². The molecule has 2 rings (SSSR count). The molecule has 0 unspecified atom stereocenters. The van der Waals surface area contributed by atoms with Crippen LogP contribution >= 0.6 is 12.6 Å². The fraction of sp³-hybridized carbons (Fsp3) is 0.250. The standard InChI is InChI=1S/C16H19N3O2S/c1-19(14(10-22)16(21)18-17)15(20)9-12-7-4-6-11-5-2-3-8-13(11)12/h2-8,14,22H,9-10,17H2,1H3,(H,18,21)/t14-/m0/s1. The SMILES string of the molecule is CN(C(=O)Cc1cccc2ccccc12)[C@@H](CS)C(=O)NN. The Hall–Kier alpha value is -2.05. The number of likely N-dealkylation sites (N-methyl/N-ethyl adjacent to an activating group) is 1. The zero-order chi connectivity index (χ0) is 16.1. The maximum atomic E-state index is 12.4. The summed E-state index contributed by atoms with van der Waals surface area (Å²) in [6.45, 7) is 0. The van der Waals surface area contributed by atoms with Crippen LogP contribution in [0.4, 0.5) is 0 Å². The molecule has 2 amide bonds. The van der Waals surface area contributed by atoms with Crippen LogP contribution < -0.4 is 11.3 Å². The monoisotopic (exact) mass is 317 g/mol. The van der Waals surface area contributed by atoms with E-state index in [0.29, 0.717) is 0 Å². The lowest BCUT2D eigenvalue weighted by atomic mass is 10.0. The zero-order valence-electron chi connectivity index (χ0n) is 12.3. The van der Waals surface area contributed by atoms with Crippen LogP contribution in [0.1, 0.15) is 5.56 Å². The maximum Gasteiger partial charge on any atom is 0.257 e. The molecule has 3 N–H and O–H groups in total. The Kier molecular flexibility index (Phi) is 5.41. The Morgan fingerprint density at radius 2 is 1.91 bits per heavy atom. The van der Waals surface area contributed by atoms with Gasteiger partial charge >= 0.3 is 0 Å². The Labute approximate surface area is 134 Å². The molecular formula is C16H19N3O2S. The molecule has 0 fully saturated rings. The summed E-state index contributed by atoms with van der Waals surface area (Å²) in [4.78, 5) is 25.5. The number of hydrogen-bond donors (Lipinski definition) is 3. The molecule has 2 aromatic rings. The van der Waals surface area contributed by atoms with Crippen LogP contribution in [0.5, 0.6) is 0 Å². The van der Waals surface area contributed by atoms with Gasteiger partial charge in [-0.3, -0.25) is 15.0 Å². The van der Waals surface area contributed by atoms with Crippen molar-refractivity contribution in [3.8, 4) is 0 Å². The molecule has 0 aliphatic carbocycles. The molecule has 6 heteroatoms. The number of rotatable bonds is 5. The lowest BCUT2D eigenvalue weighted by molar-refractivity contribution is -0.137. The fourth-order valence-corrected chi connectivity index (χ4v) is 2.80. The van der Waals surface area contributed by atoms with E-state index < -0.39 is 11.9 Å². The second kappa shape index (κ2) is 7.29. The highest BCUT2D eigenvalue weighted by atomic mass is 32.1. The summed E-state index contributed by atoms with van der Waals surface area (Å²) < 4.78 is 0. The number of hydrazine groups is 1. The van der Waals surface area contributed by atoms with Gasteiger partial charge in [-0.2, -0.15) is 12.6 Å². The first-order chi connectivity index (χ1) is 10.6. The first-order valence-electron chi connectivity index (χ1n) is 6.92. The Bertz CT molecular complexity index is 685. The summed E-state index contributed by atoms with van der Waals surface area (Å²) in [6.07, 6.45) is 0.222. The predicted octanol–water partition coefficient (Wildman–Crippen LogP) is 1.13. The summed E-state index contributed by atoms with van der Waals surface area (Å²) in [5.74, 6) is 4.77. The van der Waals surface area contributed by atoms with Crippen LogP contribution in [0.25, 0.3) is 10.8 Å². The Morgan fingerprint density at radius 1 is 1.23 bits per heavy atom. The molecule has 2 aromatic carbocycles. The van der Waals surface area contributed by atoms with E-state index in [0.717, 1.165) is 16.3 Å². The number of carbonyl (C=O) groups is 2. The molecule has 0 radical (unpaired) electrons. The first kappa shape index (κ1) is 16.3. The van der Waals surface area contributed by atoms with Crippen LogP contribution in [0.2, 0.25) is 0 Å². The van der Waals surface area contributed by atoms with E-state index in [1.807, 2.05) is 42.5 Å². The highest BCUT2D eigenvalue weighted by Crippen LogP contribution is 2.19. The third-order valence-electron chi connectivity index (χ3n) is 3.70. The minimum Gasteiger partial charge on any atom is -0.333 e. The van der Waals surface area contributed by atoms with Crippen molar-refractivity contribution in [2.45, 2.75) is 12.5 Å². The highest BCUT2D eigenvalue weighted by Gasteiger charge is 2.25. The van der Waals surface area contributed by atoms with Crippen LogP contribution in [-0.4, -0.2) is 35.6 Å².